The molecule has 2 unspecified atom stereocenters. The predicted molar refractivity (Wildman–Crippen MR) is 74.8 cm³/mol. The third kappa shape index (κ3) is 2.41. The molecule has 0 spiro atoms. The van der Waals surface area contributed by atoms with Crippen LogP contribution in [0.1, 0.15) is 26.3 Å². The lowest BCUT2D eigenvalue weighted by Crippen LogP contribution is -2.42. The van der Waals surface area contributed by atoms with Crippen LogP contribution in [-0.2, 0) is 11.2 Å². The van der Waals surface area contributed by atoms with Crippen molar-refractivity contribution >= 4 is 11.6 Å². The molecular formula is C15H22N2O. The van der Waals surface area contributed by atoms with Crippen molar-refractivity contribution < 1.29 is 4.79 Å². The number of nitrogens with zero attached hydrogens (tertiary/aromatic N) is 1. The van der Waals surface area contributed by atoms with E-state index >= 15 is 0 Å². The quantitative estimate of drug-likeness (QED) is 0.883. The van der Waals surface area contributed by atoms with Crippen LogP contribution in [0.25, 0.3) is 0 Å². The highest BCUT2D eigenvalue weighted by molar-refractivity contribution is 5.97. The zero-order valence-electron chi connectivity index (χ0n) is 11.4. The van der Waals surface area contributed by atoms with Gasteiger partial charge in [-0.25, -0.2) is 0 Å². The molecule has 2 rings (SSSR count). The summed E-state index contributed by atoms with van der Waals surface area (Å²) in [5.41, 5.74) is 2.38. The number of hydrogen-bond acceptors (Lipinski definition) is 2. The van der Waals surface area contributed by atoms with Gasteiger partial charge in [0.15, 0.2) is 0 Å². The van der Waals surface area contributed by atoms with Crippen molar-refractivity contribution in [3.05, 3.63) is 29.8 Å². The van der Waals surface area contributed by atoms with E-state index in [2.05, 4.69) is 31.3 Å². The second-order valence-electron chi connectivity index (χ2n) is 5.10. The molecule has 0 aromatic heterocycles. The van der Waals surface area contributed by atoms with Crippen LogP contribution < -0.4 is 10.2 Å². The molecule has 2 atom stereocenters. The molecule has 1 aliphatic heterocycles. The Hall–Kier alpha value is -1.35. The number of amides is 1. The maximum atomic E-state index is 12.5. The number of nitrogens with one attached hydrogen (secondary N) is 1. The highest BCUT2D eigenvalue weighted by Gasteiger charge is 2.32. The van der Waals surface area contributed by atoms with Crippen molar-refractivity contribution in [2.75, 3.05) is 18.0 Å². The number of fused-ring (bicyclic) bond motifs is 1. The number of para-hydroxylation sites is 1. The van der Waals surface area contributed by atoms with Crippen molar-refractivity contribution in [2.24, 2.45) is 5.92 Å². The van der Waals surface area contributed by atoms with Crippen molar-refractivity contribution in [1.82, 2.24) is 5.32 Å². The molecule has 0 aliphatic carbocycles. The summed E-state index contributed by atoms with van der Waals surface area (Å²) in [6.07, 6.45) is 0.968. The lowest BCUT2D eigenvalue weighted by molar-refractivity contribution is -0.122. The van der Waals surface area contributed by atoms with Crippen LogP contribution in [0.15, 0.2) is 24.3 Å². The van der Waals surface area contributed by atoms with Gasteiger partial charge in [-0.15, -0.1) is 0 Å². The van der Waals surface area contributed by atoms with E-state index in [0.717, 1.165) is 25.2 Å². The van der Waals surface area contributed by atoms with Gasteiger partial charge in [-0.1, -0.05) is 32.0 Å². The minimum Gasteiger partial charge on any atom is -0.316 e. The van der Waals surface area contributed by atoms with E-state index in [1.54, 1.807) is 0 Å². The molecule has 3 heteroatoms. The topological polar surface area (TPSA) is 32.3 Å². The fourth-order valence-electron chi connectivity index (χ4n) is 2.59. The van der Waals surface area contributed by atoms with Gasteiger partial charge in [-0.05, 0) is 31.5 Å². The first-order valence-corrected chi connectivity index (χ1v) is 6.76. The number of anilines is 1. The van der Waals surface area contributed by atoms with E-state index in [1.807, 2.05) is 24.0 Å². The minimum absolute atomic E-state index is 0.0264. The largest absolute Gasteiger partial charge is 0.316 e. The molecule has 0 saturated heterocycles. The summed E-state index contributed by atoms with van der Waals surface area (Å²) in [5, 5.41) is 3.24. The molecule has 98 valence electrons. The third-order valence-electron chi connectivity index (χ3n) is 3.57. The van der Waals surface area contributed by atoms with Gasteiger partial charge in [0.1, 0.15) is 0 Å². The monoisotopic (exact) mass is 246 g/mol. The highest BCUT2D eigenvalue weighted by atomic mass is 16.2. The van der Waals surface area contributed by atoms with Gasteiger partial charge in [-0.3, -0.25) is 4.79 Å². The number of benzene rings is 1. The van der Waals surface area contributed by atoms with Gasteiger partial charge in [0, 0.05) is 24.2 Å². The summed E-state index contributed by atoms with van der Waals surface area (Å²) in [6.45, 7) is 7.84. The van der Waals surface area contributed by atoms with Crippen molar-refractivity contribution in [3.8, 4) is 0 Å². The Morgan fingerprint density at radius 1 is 1.50 bits per heavy atom. The average molecular weight is 246 g/mol. The average Bonchev–Trinajstić information content (AvgIpc) is 2.70. The van der Waals surface area contributed by atoms with Crippen LogP contribution in [0.3, 0.4) is 0 Å². The Balaban J connectivity index is 2.15. The molecule has 0 fully saturated rings. The summed E-state index contributed by atoms with van der Waals surface area (Å²) < 4.78 is 0. The molecule has 18 heavy (non-hydrogen) atoms. The maximum Gasteiger partial charge on any atom is 0.231 e. The molecule has 0 radical (unpaired) electrons. The minimum atomic E-state index is 0.0264. The van der Waals surface area contributed by atoms with Crippen LogP contribution in [0.4, 0.5) is 5.69 Å². The second kappa shape index (κ2) is 5.53. The Kier molecular flexibility index (Phi) is 4.02. The van der Waals surface area contributed by atoms with E-state index in [1.165, 1.54) is 5.56 Å². The molecule has 1 amide bonds. The molecular weight excluding hydrogens is 224 g/mol. The lowest BCUT2D eigenvalue weighted by Gasteiger charge is -2.26. The first kappa shape index (κ1) is 13.1. The summed E-state index contributed by atoms with van der Waals surface area (Å²) in [7, 11) is 0. The van der Waals surface area contributed by atoms with Crippen LogP contribution in [0, 0.1) is 5.92 Å². The molecule has 1 aromatic rings. The highest BCUT2D eigenvalue weighted by Crippen LogP contribution is 2.32. The summed E-state index contributed by atoms with van der Waals surface area (Å²) in [4.78, 5) is 14.5. The van der Waals surface area contributed by atoms with Crippen LogP contribution >= 0.6 is 0 Å². The number of carbonyl (C=O) groups is 1. The van der Waals surface area contributed by atoms with E-state index in [9.17, 15) is 4.79 Å². The lowest BCUT2D eigenvalue weighted by atomic mass is 10.1. The van der Waals surface area contributed by atoms with Crippen molar-refractivity contribution in [3.63, 3.8) is 0 Å². The Morgan fingerprint density at radius 3 is 2.94 bits per heavy atom. The third-order valence-corrected chi connectivity index (χ3v) is 3.57. The molecule has 3 nitrogen and oxygen atoms in total. The standard InChI is InChI=1S/C15H22N2O/c1-4-16-10-11(2)15(18)17-12(3)9-13-7-5-6-8-14(13)17/h5-8,11-12,16H,4,9-10H2,1-3H3. The number of carbonyl (C=O) groups excluding carboxylic acids is 1. The van der Waals surface area contributed by atoms with Gasteiger partial charge in [0.2, 0.25) is 5.91 Å². The van der Waals surface area contributed by atoms with Crippen LogP contribution in [0.5, 0.6) is 0 Å². The van der Waals surface area contributed by atoms with E-state index in [0.29, 0.717) is 0 Å². The summed E-state index contributed by atoms with van der Waals surface area (Å²) in [6, 6.07) is 8.50. The van der Waals surface area contributed by atoms with Gasteiger partial charge >= 0.3 is 0 Å². The fourth-order valence-corrected chi connectivity index (χ4v) is 2.59. The van der Waals surface area contributed by atoms with Crippen LogP contribution in [-0.4, -0.2) is 25.0 Å². The smallest absolute Gasteiger partial charge is 0.231 e. The van der Waals surface area contributed by atoms with E-state index in [-0.39, 0.29) is 17.9 Å². The molecule has 1 heterocycles. The molecule has 1 aromatic carbocycles. The first-order valence-electron chi connectivity index (χ1n) is 6.76. The Morgan fingerprint density at radius 2 is 2.22 bits per heavy atom. The molecule has 0 bridgehead atoms. The molecule has 0 saturated carbocycles. The Labute approximate surface area is 109 Å². The second-order valence-corrected chi connectivity index (χ2v) is 5.10. The first-order chi connectivity index (χ1) is 8.65. The summed E-state index contributed by atoms with van der Waals surface area (Å²) in [5.74, 6) is 0.256. The molecule has 1 N–H and O–H groups in total. The zero-order chi connectivity index (χ0) is 13.1. The fraction of sp³-hybridized carbons (Fsp3) is 0.533. The van der Waals surface area contributed by atoms with Crippen molar-refractivity contribution in [1.29, 1.82) is 0 Å². The van der Waals surface area contributed by atoms with Crippen molar-refractivity contribution in [2.45, 2.75) is 33.2 Å². The van der Waals surface area contributed by atoms with Gasteiger partial charge in [0.25, 0.3) is 0 Å². The predicted octanol–water partition coefficient (Wildman–Crippen LogP) is 2.21. The van der Waals surface area contributed by atoms with Gasteiger partial charge in [0.05, 0.1) is 0 Å². The van der Waals surface area contributed by atoms with Gasteiger partial charge in [-0.2, -0.15) is 0 Å². The van der Waals surface area contributed by atoms with E-state index < -0.39 is 0 Å². The van der Waals surface area contributed by atoms with E-state index in [4.69, 9.17) is 0 Å². The number of rotatable bonds is 4. The normalized spacial score (nSPS) is 19.7. The SMILES string of the molecule is CCNCC(C)C(=O)N1c2ccccc2CC1C. The Bertz CT molecular complexity index is 430. The number of hydrogen-bond donors (Lipinski definition) is 1. The zero-order valence-corrected chi connectivity index (χ0v) is 11.4. The summed E-state index contributed by atoms with van der Waals surface area (Å²) >= 11 is 0. The van der Waals surface area contributed by atoms with Crippen LogP contribution in [0.2, 0.25) is 0 Å². The van der Waals surface area contributed by atoms with Gasteiger partial charge < -0.3 is 10.2 Å². The maximum absolute atomic E-state index is 12.5. The molecule has 1 aliphatic rings.